The summed E-state index contributed by atoms with van der Waals surface area (Å²) in [7, 11) is 0. The molecule has 0 aliphatic rings. The van der Waals surface area contributed by atoms with Gasteiger partial charge < -0.3 is 15.3 Å². The van der Waals surface area contributed by atoms with Crippen LogP contribution < -0.4 is 0 Å². The van der Waals surface area contributed by atoms with Gasteiger partial charge in [-0.25, -0.2) is 4.79 Å². The van der Waals surface area contributed by atoms with Gasteiger partial charge in [0.1, 0.15) is 0 Å². The minimum absolute atomic E-state index is 0.00681. The number of unbranched alkanes of at least 4 members (excludes halogenated alkanes) is 3. The van der Waals surface area contributed by atoms with E-state index in [2.05, 4.69) is 0 Å². The number of carboxylic acid groups (broad SMARTS) is 2. The summed E-state index contributed by atoms with van der Waals surface area (Å²) in [6.07, 6.45) is 3.39. The van der Waals surface area contributed by atoms with Gasteiger partial charge in [-0.15, -0.1) is 0 Å². The first-order valence-electron chi connectivity index (χ1n) is 6.08. The summed E-state index contributed by atoms with van der Waals surface area (Å²) >= 11 is 0. The molecule has 0 aromatic heterocycles. The largest absolute Gasteiger partial charge is 0.481 e. The van der Waals surface area contributed by atoms with Crippen LogP contribution in [0.1, 0.15) is 52.4 Å². The van der Waals surface area contributed by atoms with Gasteiger partial charge in [-0.05, 0) is 19.3 Å². The zero-order valence-electron chi connectivity index (χ0n) is 10.5. The van der Waals surface area contributed by atoms with Crippen molar-refractivity contribution in [2.24, 2.45) is 5.92 Å². The van der Waals surface area contributed by atoms with Crippen molar-refractivity contribution >= 4 is 11.9 Å². The van der Waals surface area contributed by atoms with Gasteiger partial charge in [0.05, 0.1) is 5.92 Å². The predicted molar refractivity (Wildman–Crippen MR) is 62.8 cm³/mol. The summed E-state index contributed by atoms with van der Waals surface area (Å²) in [4.78, 5) is 22.0. The van der Waals surface area contributed by atoms with Gasteiger partial charge in [-0.1, -0.05) is 33.1 Å². The minimum Gasteiger partial charge on any atom is -0.481 e. The van der Waals surface area contributed by atoms with Crippen LogP contribution in [0.25, 0.3) is 0 Å². The molecule has 2 unspecified atom stereocenters. The van der Waals surface area contributed by atoms with E-state index in [9.17, 15) is 14.7 Å². The van der Waals surface area contributed by atoms with E-state index in [1.54, 1.807) is 6.92 Å². The number of hydrogen-bond acceptors (Lipinski definition) is 3. The molecule has 0 bridgehead atoms. The van der Waals surface area contributed by atoms with Crippen LogP contribution in [0.5, 0.6) is 0 Å². The lowest BCUT2D eigenvalue weighted by Gasteiger charge is -2.29. The lowest BCUT2D eigenvalue weighted by molar-refractivity contribution is -0.175. The van der Waals surface area contributed by atoms with Crippen molar-refractivity contribution in [3.8, 4) is 0 Å². The molecular formula is C12H22O5. The molecule has 0 saturated carbocycles. The first-order chi connectivity index (χ1) is 7.90. The second kappa shape index (κ2) is 7.27. The van der Waals surface area contributed by atoms with E-state index in [-0.39, 0.29) is 12.8 Å². The van der Waals surface area contributed by atoms with Crippen LogP contribution in [0.15, 0.2) is 0 Å². The highest BCUT2D eigenvalue weighted by molar-refractivity contribution is 5.85. The average molecular weight is 246 g/mol. The zero-order chi connectivity index (χ0) is 13.5. The maximum Gasteiger partial charge on any atom is 0.336 e. The highest BCUT2D eigenvalue weighted by Crippen LogP contribution is 2.28. The molecular weight excluding hydrogens is 224 g/mol. The number of aliphatic carboxylic acids is 2. The van der Waals surface area contributed by atoms with Crippen LogP contribution in [-0.4, -0.2) is 32.9 Å². The SMILES string of the molecule is CCCCCCC(O)(C(=O)O)C(CC)C(=O)O. The fourth-order valence-electron chi connectivity index (χ4n) is 1.97. The molecule has 2 atom stereocenters. The molecule has 0 spiro atoms. The van der Waals surface area contributed by atoms with Gasteiger partial charge in [-0.2, -0.15) is 0 Å². The highest BCUT2D eigenvalue weighted by atomic mass is 16.4. The van der Waals surface area contributed by atoms with Gasteiger partial charge >= 0.3 is 11.9 Å². The number of carboxylic acids is 2. The highest BCUT2D eigenvalue weighted by Gasteiger charge is 2.46. The standard InChI is InChI=1S/C12H22O5/c1-3-5-6-7-8-12(17,11(15)16)9(4-2)10(13)14/h9,17H,3-8H2,1-2H3,(H,13,14)(H,15,16). The molecule has 0 radical (unpaired) electrons. The molecule has 0 aliphatic heterocycles. The number of hydrogen-bond donors (Lipinski definition) is 3. The Morgan fingerprint density at radius 3 is 2.06 bits per heavy atom. The quantitative estimate of drug-likeness (QED) is 0.540. The molecule has 0 rings (SSSR count). The number of aliphatic hydroxyl groups is 1. The normalized spacial score (nSPS) is 16.2. The van der Waals surface area contributed by atoms with Crippen LogP contribution in [0.4, 0.5) is 0 Å². The van der Waals surface area contributed by atoms with Crippen molar-refractivity contribution in [2.45, 2.75) is 58.0 Å². The lowest BCUT2D eigenvalue weighted by Crippen LogP contribution is -2.49. The minimum atomic E-state index is -2.14. The summed E-state index contributed by atoms with van der Waals surface area (Å²) in [5.74, 6) is -3.95. The molecule has 17 heavy (non-hydrogen) atoms. The summed E-state index contributed by atoms with van der Waals surface area (Å²) < 4.78 is 0. The molecule has 5 nitrogen and oxygen atoms in total. The Bertz CT molecular complexity index is 264. The van der Waals surface area contributed by atoms with Crippen molar-refractivity contribution in [1.29, 1.82) is 0 Å². The fraction of sp³-hybridized carbons (Fsp3) is 0.833. The molecule has 3 N–H and O–H groups in total. The maximum atomic E-state index is 11.1. The molecule has 0 heterocycles. The number of rotatable bonds is 9. The number of carbonyl (C=O) groups is 2. The Morgan fingerprint density at radius 2 is 1.71 bits per heavy atom. The van der Waals surface area contributed by atoms with Crippen molar-refractivity contribution in [2.75, 3.05) is 0 Å². The Morgan fingerprint density at radius 1 is 1.12 bits per heavy atom. The third-order valence-corrected chi connectivity index (χ3v) is 3.06. The van der Waals surface area contributed by atoms with Crippen LogP contribution in [0.2, 0.25) is 0 Å². The predicted octanol–water partition coefficient (Wildman–Crippen LogP) is 1.88. The summed E-state index contributed by atoms with van der Waals surface area (Å²) in [5, 5.41) is 28.0. The van der Waals surface area contributed by atoms with Gasteiger partial charge in [0.15, 0.2) is 5.60 Å². The van der Waals surface area contributed by atoms with E-state index in [4.69, 9.17) is 10.2 Å². The third-order valence-electron chi connectivity index (χ3n) is 3.06. The van der Waals surface area contributed by atoms with E-state index in [0.29, 0.717) is 6.42 Å². The molecule has 100 valence electrons. The van der Waals surface area contributed by atoms with Crippen molar-refractivity contribution in [3.63, 3.8) is 0 Å². The van der Waals surface area contributed by atoms with E-state index in [1.807, 2.05) is 6.92 Å². The summed E-state index contributed by atoms with van der Waals surface area (Å²) in [6.45, 7) is 3.59. The first kappa shape index (κ1) is 15.9. The van der Waals surface area contributed by atoms with E-state index < -0.39 is 23.5 Å². The van der Waals surface area contributed by atoms with Crippen LogP contribution in [-0.2, 0) is 9.59 Å². The van der Waals surface area contributed by atoms with E-state index in [0.717, 1.165) is 19.3 Å². The van der Waals surface area contributed by atoms with Crippen LogP contribution in [0.3, 0.4) is 0 Å². The molecule has 0 aromatic rings. The second-order valence-electron chi connectivity index (χ2n) is 4.34. The van der Waals surface area contributed by atoms with Gasteiger partial charge in [0.25, 0.3) is 0 Å². The zero-order valence-corrected chi connectivity index (χ0v) is 10.5. The lowest BCUT2D eigenvalue weighted by atomic mass is 9.81. The fourth-order valence-corrected chi connectivity index (χ4v) is 1.97. The molecule has 0 saturated heterocycles. The van der Waals surface area contributed by atoms with E-state index in [1.165, 1.54) is 0 Å². The van der Waals surface area contributed by atoms with Crippen molar-refractivity contribution in [1.82, 2.24) is 0 Å². The van der Waals surface area contributed by atoms with Crippen LogP contribution >= 0.6 is 0 Å². The molecule has 0 amide bonds. The monoisotopic (exact) mass is 246 g/mol. The van der Waals surface area contributed by atoms with Gasteiger partial charge in [0.2, 0.25) is 0 Å². The average Bonchev–Trinajstić information content (AvgIpc) is 2.24. The smallest absolute Gasteiger partial charge is 0.336 e. The molecule has 0 fully saturated rings. The second-order valence-corrected chi connectivity index (χ2v) is 4.34. The Labute approximate surface area is 101 Å². The third kappa shape index (κ3) is 4.34. The molecule has 5 heteroatoms. The summed E-state index contributed by atoms with van der Waals surface area (Å²) in [6, 6.07) is 0. The Hall–Kier alpha value is -1.10. The maximum absolute atomic E-state index is 11.1. The Balaban J connectivity index is 4.65. The van der Waals surface area contributed by atoms with Gasteiger partial charge in [0, 0.05) is 0 Å². The van der Waals surface area contributed by atoms with Gasteiger partial charge in [-0.3, -0.25) is 4.79 Å². The van der Waals surface area contributed by atoms with E-state index >= 15 is 0 Å². The topological polar surface area (TPSA) is 94.8 Å². The van der Waals surface area contributed by atoms with Crippen molar-refractivity contribution in [3.05, 3.63) is 0 Å². The summed E-state index contributed by atoms with van der Waals surface area (Å²) in [5.41, 5.74) is -2.14. The van der Waals surface area contributed by atoms with Crippen molar-refractivity contribution < 1.29 is 24.9 Å². The Kier molecular flexibility index (Phi) is 6.80. The van der Waals surface area contributed by atoms with Crippen LogP contribution in [0, 0.1) is 5.92 Å². The first-order valence-corrected chi connectivity index (χ1v) is 6.08. The molecule has 0 aromatic carbocycles. The molecule has 0 aliphatic carbocycles.